The molecule has 0 aromatic heterocycles. The van der Waals surface area contributed by atoms with Gasteiger partial charge in [-0.25, -0.2) is 12.8 Å². The molecule has 0 saturated carbocycles. The standard InChI is InChI=1S/C21H27FN2O5S/c1-5-19(24(30(4,26)27)20-9-7-6-8-18(20)22)21(25)23-15(2)14-29-17-12-10-16(28-3)11-13-17/h6-13,15,19H,5,14H2,1-4H3,(H,23,25)/t15-,19-/m0/s1. The van der Waals surface area contributed by atoms with E-state index in [1.807, 2.05) is 0 Å². The molecule has 2 aromatic carbocycles. The summed E-state index contributed by atoms with van der Waals surface area (Å²) >= 11 is 0. The monoisotopic (exact) mass is 438 g/mol. The summed E-state index contributed by atoms with van der Waals surface area (Å²) in [6, 6.07) is 11.0. The van der Waals surface area contributed by atoms with Gasteiger partial charge in [-0.05, 0) is 49.7 Å². The number of hydrogen-bond acceptors (Lipinski definition) is 5. The van der Waals surface area contributed by atoms with Crippen LogP contribution in [-0.4, -0.2) is 46.4 Å². The third-order valence-electron chi connectivity index (χ3n) is 4.37. The van der Waals surface area contributed by atoms with Crippen molar-refractivity contribution in [2.75, 3.05) is 24.3 Å². The van der Waals surface area contributed by atoms with Gasteiger partial charge < -0.3 is 14.8 Å². The Bertz CT molecular complexity index is 950. The number of nitrogens with zero attached hydrogens (tertiary/aromatic N) is 1. The molecule has 0 radical (unpaired) electrons. The van der Waals surface area contributed by atoms with Crippen LogP contribution < -0.4 is 19.1 Å². The highest BCUT2D eigenvalue weighted by atomic mass is 32.2. The van der Waals surface area contributed by atoms with E-state index in [2.05, 4.69) is 5.32 Å². The third-order valence-corrected chi connectivity index (χ3v) is 5.53. The number of sulfonamides is 1. The van der Waals surface area contributed by atoms with Crippen molar-refractivity contribution < 1.29 is 27.1 Å². The second kappa shape index (κ2) is 10.3. The summed E-state index contributed by atoms with van der Waals surface area (Å²) < 4.78 is 50.6. The summed E-state index contributed by atoms with van der Waals surface area (Å²) in [6.07, 6.45) is 1.12. The van der Waals surface area contributed by atoms with Crippen LogP contribution in [0.4, 0.5) is 10.1 Å². The van der Waals surface area contributed by atoms with Gasteiger partial charge in [0.05, 0.1) is 25.1 Å². The Hall–Kier alpha value is -2.81. The van der Waals surface area contributed by atoms with Crippen molar-refractivity contribution >= 4 is 21.6 Å². The van der Waals surface area contributed by atoms with E-state index < -0.39 is 33.8 Å². The Kier molecular flexibility index (Phi) is 8.05. The summed E-state index contributed by atoms with van der Waals surface area (Å²) in [7, 11) is -2.34. The molecule has 2 rings (SSSR count). The number of amides is 1. The molecule has 9 heteroatoms. The molecule has 2 aromatic rings. The Morgan fingerprint density at radius 3 is 2.27 bits per heavy atom. The van der Waals surface area contributed by atoms with E-state index in [-0.39, 0.29) is 18.7 Å². The lowest BCUT2D eigenvalue weighted by atomic mass is 10.1. The van der Waals surface area contributed by atoms with Gasteiger partial charge in [-0.3, -0.25) is 9.10 Å². The zero-order valence-corrected chi connectivity index (χ0v) is 18.3. The van der Waals surface area contributed by atoms with E-state index in [0.717, 1.165) is 16.6 Å². The fourth-order valence-corrected chi connectivity index (χ4v) is 4.15. The fourth-order valence-electron chi connectivity index (χ4n) is 2.94. The van der Waals surface area contributed by atoms with Gasteiger partial charge in [-0.15, -0.1) is 0 Å². The van der Waals surface area contributed by atoms with Gasteiger partial charge >= 0.3 is 0 Å². The average molecular weight is 439 g/mol. The Morgan fingerprint density at radius 2 is 1.73 bits per heavy atom. The normalized spacial score (nSPS) is 13.2. The zero-order valence-electron chi connectivity index (χ0n) is 17.5. The molecule has 0 unspecified atom stereocenters. The van der Waals surface area contributed by atoms with E-state index in [1.165, 1.54) is 18.2 Å². The molecule has 7 nitrogen and oxygen atoms in total. The van der Waals surface area contributed by atoms with Crippen molar-refractivity contribution in [1.82, 2.24) is 5.32 Å². The molecule has 0 aliphatic carbocycles. The number of anilines is 1. The van der Waals surface area contributed by atoms with E-state index in [4.69, 9.17) is 9.47 Å². The van der Waals surface area contributed by atoms with Gasteiger partial charge in [0.1, 0.15) is 30.0 Å². The van der Waals surface area contributed by atoms with Gasteiger partial charge in [0, 0.05) is 0 Å². The van der Waals surface area contributed by atoms with Crippen molar-refractivity contribution in [2.24, 2.45) is 0 Å². The second-order valence-corrected chi connectivity index (χ2v) is 8.69. The summed E-state index contributed by atoms with van der Waals surface area (Å²) in [4.78, 5) is 12.8. The lowest BCUT2D eigenvalue weighted by Gasteiger charge is -2.31. The van der Waals surface area contributed by atoms with Crippen LogP contribution in [0.25, 0.3) is 0 Å². The van der Waals surface area contributed by atoms with Crippen molar-refractivity contribution in [3.8, 4) is 11.5 Å². The van der Waals surface area contributed by atoms with Crippen LogP contribution in [0.5, 0.6) is 11.5 Å². The van der Waals surface area contributed by atoms with Crippen molar-refractivity contribution in [3.05, 3.63) is 54.3 Å². The number of nitrogens with one attached hydrogen (secondary N) is 1. The highest BCUT2D eigenvalue weighted by molar-refractivity contribution is 7.92. The molecule has 0 aliphatic rings. The first-order chi connectivity index (χ1) is 14.2. The maximum absolute atomic E-state index is 14.3. The molecule has 0 saturated heterocycles. The van der Waals surface area contributed by atoms with Crippen molar-refractivity contribution in [1.29, 1.82) is 0 Å². The number of carbonyl (C=O) groups excluding carboxylic acids is 1. The summed E-state index contributed by atoms with van der Waals surface area (Å²) in [6.45, 7) is 3.58. The highest BCUT2D eigenvalue weighted by Crippen LogP contribution is 2.25. The number of hydrogen-bond donors (Lipinski definition) is 1. The second-order valence-electron chi connectivity index (χ2n) is 6.83. The summed E-state index contributed by atoms with van der Waals surface area (Å²) in [5.41, 5.74) is -0.163. The SMILES string of the molecule is CC[C@@H](C(=O)N[C@@H](C)COc1ccc(OC)cc1)N(c1ccccc1F)S(C)(=O)=O. The van der Waals surface area contributed by atoms with E-state index in [0.29, 0.717) is 11.5 Å². The molecule has 164 valence electrons. The lowest BCUT2D eigenvalue weighted by Crippen LogP contribution is -2.52. The highest BCUT2D eigenvalue weighted by Gasteiger charge is 2.33. The van der Waals surface area contributed by atoms with E-state index in [1.54, 1.807) is 45.2 Å². The molecular formula is C21H27FN2O5S. The number of ether oxygens (including phenoxy) is 2. The van der Waals surface area contributed by atoms with Gasteiger partial charge in [0.25, 0.3) is 0 Å². The molecule has 0 fully saturated rings. The van der Waals surface area contributed by atoms with Crippen LogP contribution in [0.2, 0.25) is 0 Å². The molecule has 0 aliphatic heterocycles. The summed E-state index contributed by atoms with van der Waals surface area (Å²) in [5.74, 6) is 0.0543. The number of methoxy groups -OCH3 is 1. The lowest BCUT2D eigenvalue weighted by molar-refractivity contribution is -0.123. The number of carbonyl (C=O) groups is 1. The molecule has 1 N–H and O–H groups in total. The van der Waals surface area contributed by atoms with Gasteiger partial charge in [-0.2, -0.15) is 0 Å². The minimum Gasteiger partial charge on any atom is -0.497 e. The van der Waals surface area contributed by atoms with Crippen LogP contribution in [-0.2, 0) is 14.8 Å². The number of benzene rings is 2. The van der Waals surface area contributed by atoms with Crippen LogP contribution >= 0.6 is 0 Å². The Morgan fingerprint density at radius 1 is 1.13 bits per heavy atom. The van der Waals surface area contributed by atoms with Gasteiger partial charge in [-0.1, -0.05) is 19.1 Å². The predicted molar refractivity (Wildman–Crippen MR) is 114 cm³/mol. The largest absolute Gasteiger partial charge is 0.497 e. The quantitative estimate of drug-likeness (QED) is 0.617. The molecular weight excluding hydrogens is 411 g/mol. The smallest absolute Gasteiger partial charge is 0.244 e. The first kappa shape index (κ1) is 23.5. The van der Waals surface area contributed by atoms with Crippen molar-refractivity contribution in [3.63, 3.8) is 0 Å². The molecule has 2 atom stereocenters. The molecule has 1 amide bonds. The first-order valence-corrected chi connectivity index (χ1v) is 11.3. The fraction of sp³-hybridized carbons (Fsp3) is 0.381. The van der Waals surface area contributed by atoms with Crippen LogP contribution in [0, 0.1) is 5.82 Å². The van der Waals surface area contributed by atoms with Crippen molar-refractivity contribution in [2.45, 2.75) is 32.4 Å². The number of halogens is 1. The maximum atomic E-state index is 14.3. The van der Waals surface area contributed by atoms with Crippen LogP contribution in [0.3, 0.4) is 0 Å². The minimum absolute atomic E-state index is 0.163. The van der Waals surface area contributed by atoms with Crippen LogP contribution in [0.1, 0.15) is 20.3 Å². The first-order valence-electron chi connectivity index (χ1n) is 9.48. The van der Waals surface area contributed by atoms with Gasteiger partial charge in [0.2, 0.25) is 15.9 Å². The topological polar surface area (TPSA) is 84.9 Å². The zero-order chi connectivity index (χ0) is 22.3. The van der Waals surface area contributed by atoms with E-state index >= 15 is 0 Å². The van der Waals surface area contributed by atoms with Gasteiger partial charge in [0.15, 0.2) is 0 Å². The molecule has 30 heavy (non-hydrogen) atoms. The summed E-state index contributed by atoms with van der Waals surface area (Å²) in [5, 5.41) is 2.75. The third kappa shape index (κ3) is 6.09. The maximum Gasteiger partial charge on any atom is 0.244 e. The Balaban J connectivity index is 2.10. The minimum atomic E-state index is -3.91. The van der Waals surface area contributed by atoms with E-state index in [9.17, 15) is 17.6 Å². The predicted octanol–water partition coefficient (Wildman–Crippen LogP) is 2.96. The molecule has 0 heterocycles. The number of para-hydroxylation sites is 1. The molecule has 0 bridgehead atoms. The Labute approximate surface area is 176 Å². The number of rotatable bonds is 10. The molecule has 0 spiro atoms. The average Bonchev–Trinajstić information content (AvgIpc) is 2.70. The van der Waals surface area contributed by atoms with Crippen LogP contribution in [0.15, 0.2) is 48.5 Å².